The first kappa shape index (κ1) is 17.2. The number of thiophene rings is 1. The Morgan fingerprint density at radius 3 is 2.52 bits per heavy atom. The van der Waals surface area contributed by atoms with Crippen LogP contribution in [0.5, 0.6) is 0 Å². The van der Waals surface area contributed by atoms with Gasteiger partial charge in [-0.15, -0.1) is 11.3 Å². The maximum absolute atomic E-state index is 12.8. The highest BCUT2D eigenvalue weighted by Gasteiger charge is 2.48. The van der Waals surface area contributed by atoms with Crippen molar-refractivity contribution < 1.29 is 19.2 Å². The number of amides is 1. The average molecular weight is 380 g/mol. The molecule has 1 atom stereocenters. The van der Waals surface area contributed by atoms with Crippen LogP contribution in [0.15, 0.2) is 57.9 Å². The smallest absolute Gasteiger partial charge is 0.301 e. The molecule has 1 saturated heterocycles. The zero-order valence-electron chi connectivity index (χ0n) is 14.7. The van der Waals surface area contributed by atoms with E-state index in [2.05, 4.69) is 5.16 Å². The van der Waals surface area contributed by atoms with Gasteiger partial charge in [0, 0.05) is 16.5 Å². The lowest BCUT2D eigenvalue weighted by atomic mass is 9.99. The van der Waals surface area contributed by atoms with Gasteiger partial charge in [-0.05, 0) is 25.3 Å². The lowest BCUT2D eigenvalue weighted by molar-refractivity contribution is -0.132. The summed E-state index contributed by atoms with van der Waals surface area (Å²) in [6.45, 7) is 3.64. The summed E-state index contributed by atoms with van der Waals surface area (Å²) in [6, 6.07) is 11.6. The van der Waals surface area contributed by atoms with Crippen molar-refractivity contribution in [2.45, 2.75) is 19.9 Å². The van der Waals surface area contributed by atoms with Gasteiger partial charge < -0.3 is 9.63 Å². The van der Waals surface area contributed by atoms with Crippen molar-refractivity contribution >= 4 is 34.6 Å². The Bertz CT molecular complexity index is 1050. The quantitative estimate of drug-likeness (QED) is 0.422. The van der Waals surface area contributed by atoms with Gasteiger partial charge in [-0.25, -0.2) is 0 Å². The molecule has 1 aliphatic heterocycles. The number of rotatable bonds is 3. The van der Waals surface area contributed by atoms with Crippen molar-refractivity contribution in [1.29, 1.82) is 0 Å². The fourth-order valence-corrected chi connectivity index (χ4v) is 3.94. The monoisotopic (exact) mass is 380 g/mol. The Morgan fingerprint density at radius 1 is 1.19 bits per heavy atom. The van der Waals surface area contributed by atoms with Crippen molar-refractivity contribution in [3.8, 4) is 0 Å². The molecule has 1 amide bonds. The molecule has 1 N–H and O–H groups in total. The fraction of sp³-hybridized carbons (Fsp3) is 0.150. The van der Waals surface area contributed by atoms with Crippen molar-refractivity contribution in [1.82, 2.24) is 5.16 Å². The second kappa shape index (κ2) is 6.51. The number of aryl methyl sites for hydroxylation is 2. The maximum atomic E-state index is 12.8. The maximum Gasteiger partial charge on any atom is 0.301 e. The number of Topliss-reactive ketones (excluding diaryl/α,β-unsaturated/α-hetero) is 1. The normalized spacial score (nSPS) is 19.0. The Labute approximate surface area is 159 Å². The first-order valence-corrected chi connectivity index (χ1v) is 9.20. The summed E-state index contributed by atoms with van der Waals surface area (Å²) in [5.74, 6) is -0.914. The van der Waals surface area contributed by atoms with Crippen LogP contribution in [-0.4, -0.2) is 22.0 Å². The summed E-state index contributed by atoms with van der Waals surface area (Å²) in [4.78, 5) is 27.6. The van der Waals surface area contributed by atoms with E-state index >= 15 is 0 Å². The van der Waals surface area contributed by atoms with E-state index in [1.54, 1.807) is 25.1 Å². The molecule has 136 valence electrons. The average Bonchev–Trinajstić information content (AvgIpc) is 3.37. The minimum atomic E-state index is -0.754. The number of hydrogen-bond acceptors (Lipinski definition) is 6. The second-order valence-electron chi connectivity index (χ2n) is 6.35. The molecule has 1 aliphatic rings. The molecule has 0 aliphatic carbocycles. The van der Waals surface area contributed by atoms with Gasteiger partial charge >= 0.3 is 5.91 Å². The highest BCUT2D eigenvalue weighted by molar-refractivity contribution is 7.10. The molecule has 6 nitrogen and oxygen atoms in total. The molecular formula is C20H16N2O4S. The number of carbonyl (C=O) groups is 2. The first-order chi connectivity index (χ1) is 13.0. The summed E-state index contributed by atoms with van der Waals surface area (Å²) >= 11 is 1.40. The lowest BCUT2D eigenvalue weighted by Gasteiger charge is -2.21. The van der Waals surface area contributed by atoms with E-state index in [9.17, 15) is 14.7 Å². The number of anilines is 1. The van der Waals surface area contributed by atoms with Crippen LogP contribution >= 0.6 is 11.3 Å². The molecule has 4 rings (SSSR count). The van der Waals surface area contributed by atoms with Gasteiger partial charge in [-0.2, -0.15) is 0 Å². The number of benzene rings is 1. The zero-order chi connectivity index (χ0) is 19.1. The van der Waals surface area contributed by atoms with E-state index < -0.39 is 17.7 Å². The highest BCUT2D eigenvalue weighted by Crippen LogP contribution is 2.43. The van der Waals surface area contributed by atoms with Gasteiger partial charge in [0.25, 0.3) is 5.78 Å². The molecule has 3 aromatic rings. The van der Waals surface area contributed by atoms with Crippen LogP contribution in [-0.2, 0) is 9.59 Å². The third kappa shape index (κ3) is 2.86. The molecule has 1 fully saturated rings. The minimum absolute atomic E-state index is 0.0481. The fourth-order valence-electron chi connectivity index (χ4n) is 3.12. The Morgan fingerprint density at radius 2 is 1.93 bits per heavy atom. The van der Waals surface area contributed by atoms with E-state index in [0.29, 0.717) is 11.3 Å². The van der Waals surface area contributed by atoms with Crippen LogP contribution in [0.4, 0.5) is 5.82 Å². The molecule has 0 spiro atoms. The number of ketones is 1. The van der Waals surface area contributed by atoms with E-state index in [0.717, 1.165) is 10.4 Å². The molecule has 3 heterocycles. The summed E-state index contributed by atoms with van der Waals surface area (Å²) in [7, 11) is 0. The van der Waals surface area contributed by atoms with Gasteiger partial charge in [0.1, 0.15) is 17.6 Å². The number of aromatic nitrogens is 1. The molecule has 2 aromatic heterocycles. The summed E-state index contributed by atoms with van der Waals surface area (Å²) in [6.07, 6.45) is 0. The molecule has 0 radical (unpaired) electrons. The van der Waals surface area contributed by atoms with Gasteiger partial charge in [0.2, 0.25) is 0 Å². The van der Waals surface area contributed by atoms with Crippen molar-refractivity contribution in [2.75, 3.05) is 4.90 Å². The molecule has 0 bridgehead atoms. The van der Waals surface area contributed by atoms with Crippen LogP contribution < -0.4 is 4.90 Å². The SMILES string of the molecule is Cc1ccc(/C(O)=C2\C(=O)C(=O)N(c3cc(C)on3)C2c2cccs2)cc1. The number of aliphatic hydroxyl groups excluding tert-OH is 1. The number of carbonyl (C=O) groups excluding carboxylic acids is 2. The lowest BCUT2D eigenvalue weighted by Crippen LogP contribution is -2.29. The van der Waals surface area contributed by atoms with Crippen molar-refractivity contribution in [2.24, 2.45) is 0 Å². The molecule has 7 heteroatoms. The van der Waals surface area contributed by atoms with Crippen LogP contribution in [0, 0.1) is 13.8 Å². The Hall–Kier alpha value is -3.19. The summed E-state index contributed by atoms with van der Waals surface area (Å²) in [5, 5.41) is 16.6. The predicted octanol–water partition coefficient (Wildman–Crippen LogP) is 3.98. The van der Waals surface area contributed by atoms with Crippen LogP contribution in [0.25, 0.3) is 5.76 Å². The van der Waals surface area contributed by atoms with Crippen LogP contribution in [0.2, 0.25) is 0 Å². The predicted molar refractivity (Wildman–Crippen MR) is 102 cm³/mol. The molecule has 27 heavy (non-hydrogen) atoms. The number of aliphatic hydroxyl groups is 1. The van der Waals surface area contributed by atoms with E-state index in [-0.39, 0.29) is 17.2 Å². The van der Waals surface area contributed by atoms with Gasteiger partial charge in [0.15, 0.2) is 5.82 Å². The van der Waals surface area contributed by atoms with E-state index in [1.807, 2.05) is 36.6 Å². The third-order valence-electron chi connectivity index (χ3n) is 4.44. The zero-order valence-corrected chi connectivity index (χ0v) is 15.5. The van der Waals surface area contributed by atoms with Gasteiger partial charge in [-0.1, -0.05) is 41.1 Å². The van der Waals surface area contributed by atoms with Crippen LogP contribution in [0.3, 0.4) is 0 Å². The van der Waals surface area contributed by atoms with Crippen molar-refractivity contribution in [3.63, 3.8) is 0 Å². The Kier molecular flexibility index (Phi) is 4.16. The second-order valence-corrected chi connectivity index (χ2v) is 7.33. The summed E-state index contributed by atoms with van der Waals surface area (Å²) < 4.78 is 5.09. The molecule has 1 unspecified atom stereocenters. The molecule has 0 saturated carbocycles. The van der Waals surface area contributed by atoms with Crippen molar-refractivity contribution in [3.05, 3.63) is 75.2 Å². The van der Waals surface area contributed by atoms with E-state index in [1.165, 1.54) is 16.2 Å². The summed E-state index contributed by atoms with van der Waals surface area (Å²) in [5.41, 5.74) is 1.56. The Balaban J connectivity index is 1.92. The van der Waals surface area contributed by atoms with Gasteiger partial charge in [0.05, 0.1) is 5.57 Å². The molecule has 1 aromatic carbocycles. The van der Waals surface area contributed by atoms with Gasteiger partial charge in [-0.3, -0.25) is 14.5 Å². The molecular weight excluding hydrogens is 364 g/mol. The topological polar surface area (TPSA) is 83.6 Å². The number of hydrogen-bond donors (Lipinski definition) is 1. The number of nitrogens with zero attached hydrogens (tertiary/aromatic N) is 2. The van der Waals surface area contributed by atoms with E-state index in [4.69, 9.17) is 4.52 Å². The third-order valence-corrected chi connectivity index (χ3v) is 5.37. The highest BCUT2D eigenvalue weighted by atomic mass is 32.1. The first-order valence-electron chi connectivity index (χ1n) is 8.32. The standard InChI is InChI=1S/C20H16N2O4S/c1-11-5-7-13(8-6-11)18(23)16-17(14-4-3-9-27-14)22(20(25)19(16)24)15-10-12(2)26-21-15/h3-10,17,23H,1-2H3/b18-16+. The minimum Gasteiger partial charge on any atom is -0.507 e. The van der Waals surface area contributed by atoms with Crippen LogP contribution in [0.1, 0.15) is 27.8 Å². The largest absolute Gasteiger partial charge is 0.507 e.